The maximum Gasteiger partial charge on any atom is 0.305 e. The van der Waals surface area contributed by atoms with Crippen LogP contribution in [-0.4, -0.2) is 215 Å². The minimum Gasteiger partial charge on any atom is -0.481 e. The van der Waals surface area contributed by atoms with Gasteiger partial charge in [-0.1, -0.05) is 55.8 Å². The predicted octanol–water partition coefficient (Wildman–Crippen LogP) is -1.94. The van der Waals surface area contributed by atoms with E-state index in [4.69, 9.17) is 17.3 Å². The molecule has 6 rings (SSSR count). The second kappa shape index (κ2) is 30.4. The molecule has 5 aliphatic heterocycles. The number of primary amides is 1. The maximum absolute atomic E-state index is 14.9. The molecular weight excluding hydrogens is 1160 g/mol. The van der Waals surface area contributed by atoms with Crippen LogP contribution < -0.4 is 37.6 Å². The van der Waals surface area contributed by atoms with Crippen LogP contribution in [0.2, 0.25) is 5.02 Å². The number of carboxylic acid groups (broad SMARTS) is 3. The van der Waals surface area contributed by atoms with Gasteiger partial charge in [0.05, 0.1) is 18.6 Å². The molecule has 4 saturated heterocycles. The number of likely N-dealkylation sites (tertiary alicyclic amines) is 3. The number of nitrogens with one attached hydrogen (secondary N) is 6. The predicted molar refractivity (Wildman–Crippen MR) is 305 cm³/mol. The first kappa shape index (κ1) is 67.9. The Morgan fingerprint density at radius 2 is 1.17 bits per heavy atom. The minimum atomic E-state index is -2.06. The molecule has 4 fully saturated rings. The molecule has 0 saturated carbocycles. The first-order chi connectivity index (χ1) is 41.1. The summed E-state index contributed by atoms with van der Waals surface area (Å²) in [6.45, 7) is 6.38. The van der Waals surface area contributed by atoms with Gasteiger partial charge in [-0.05, 0) is 88.7 Å². The lowest BCUT2D eigenvalue weighted by Gasteiger charge is -2.37. The molecule has 0 unspecified atom stereocenters. The third-order valence-corrected chi connectivity index (χ3v) is 16.6. The fourth-order valence-corrected chi connectivity index (χ4v) is 12.2. The Balaban J connectivity index is 1.14. The van der Waals surface area contributed by atoms with Crippen molar-refractivity contribution >= 4 is 94.5 Å². The molecule has 13 atom stereocenters. The van der Waals surface area contributed by atoms with Crippen molar-refractivity contribution in [2.75, 3.05) is 19.6 Å². The number of amides is 11. The van der Waals surface area contributed by atoms with Gasteiger partial charge in [0.1, 0.15) is 60.4 Å². The van der Waals surface area contributed by atoms with Gasteiger partial charge in [-0.2, -0.15) is 0 Å². The van der Waals surface area contributed by atoms with Gasteiger partial charge < -0.3 is 77.7 Å². The van der Waals surface area contributed by atoms with E-state index in [0.717, 1.165) is 6.92 Å². The Labute approximate surface area is 506 Å². The SMILES string of the molecule is CC(=O)N[C@@H](Cc1ccccc1Cl)C(=O)N1CCC[C@H]1C(=O)N1CCC[C@H]1C(=O)N1CC[C@@H]2C=C[C@H]3CC[C@@H](C(=O)N[C@H](C(=O)N[C@@H](CCC(=O)O)C(=O)N[C@@H](CC(=O)O)C(=O)N[C@@H](CCC(=O)O)C(=O)N[C@@H](CC(C)C)C(N)=O)[C@@H](C)O)N3C(=O)[C@H]21. The third kappa shape index (κ3) is 17.5. The first-order valence-corrected chi connectivity index (χ1v) is 29.5. The van der Waals surface area contributed by atoms with Crippen LogP contribution in [0.1, 0.15) is 117 Å². The topological polar surface area (TPSA) is 431 Å². The van der Waals surface area contributed by atoms with E-state index >= 15 is 0 Å². The summed E-state index contributed by atoms with van der Waals surface area (Å²) in [6.07, 6.45) is 0.214. The summed E-state index contributed by atoms with van der Waals surface area (Å²) in [6, 6.07) is -7.98. The van der Waals surface area contributed by atoms with Crippen molar-refractivity contribution in [3.63, 3.8) is 0 Å². The summed E-state index contributed by atoms with van der Waals surface area (Å²) in [4.78, 5) is 193. The Bertz CT molecular complexity index is 2870. The van der Waals surface area contributed by atoms with Crippen LogP contribution in [0.5, 0.6) is 0 Å². The Morgan fingerprint density at radius 1 is 0.621 bits per heavy atom. The molecule has 29 nitrogen and oxygen atoms in total. The number of halogens is 1. The highest BCUT2D eigenvalue weighted by Gasteiger charge is 2.53. The van der Waals surface area contributed by atoms with Crippen LogP contribution in [0.3, 0.4) is 0 Å². The van der Waals surface area contributed by atoms with Gasteiger partial charge in [-0.3, -0.25) is 67.1 Å². The van der Waals surface area contributed by atoms with Crippen molar-refractivity contribution in [2.24, 2.45) is 17.6 Å². The lowest BCUT2D eigenvalue weighted by molar-refractivity contribution is -0.153. The minimum absolute atomic E-state index is 0.0495. The quantitative estimate of drug-likeness (QED) is 0.0407. The summed E-state index contributed by atoms with van der Waals surface area (Å²) in [7, 11) is 0. The van der Waals surface area contributed by atoms with E-state index in [1.165, 1.54) is 26.5 Å². The second-order valence-electron chi connectivity index (χ2n) is 23.1. The fraction of sp³-hybridized carbons (Fsp3) is 0.614. The Morgan fingerprint density at radius 3 is 1.74 bits per heavy atom. The lowest BCUT2D eigenvalue weighted by atomic mass is 9.98. The number of hydrogen-bond donors (Lipinski definition) is 11. The molecule has 476 valence electrons. The molecule has 87 heavy (non-hydrogen) atoms. The number of carbonyl (C=O) groups is 14. The standard InChI is InChI=1S/C57H78ClN11O18/c1-28(2)25-37(48(59)78)63-49(79)35(16-19-43(72)73)61-51(81)38(27-45(76)77)64-50(80)36(17-20-44(74)75)62-53(83)46(29(3)70)65-52(82)40-18-15-33-14-13-31-21-24-68(47(31)57(87)69(33)40)56(86)42-12-8-23-67(42)55(85)41-11-7-22-66(41)54(84)39(60-30(4)71)26-32-9-5-6-10-34(32)58/h5-6,9-10,13-14,28-29,31,33,35-42,46-47,70H,7-8,11-12,15-27H2,1-4H3,(H2,59,78)(H,60,71)(H,61,81)(H,62,83)(H,63,79)(H,64,80)(H,65,82)(H,72,73)(H,74,75)(H,76,77)/t29-,31+,33+,35+,36+,37+,38+,39+,40+,41+,42+,46+,47+/m1/s1. The van der Waals surface area contributed by atoms with E-state index in [0.29, 0.717) is 36.3 Å². The summed E-state index contributed by atoms with van der Waals surface area (Å²) in [5, 5.41) is 54.1. The van der Waals surface area contributed by atoms with Crippen molar-refractivity contribution in [2.45, 2.75) is 190 Å². The van der Waals surface area contributed by atoms with Gasteiger partial charge in [0, 0.05) is 56.8 Å². The van der Waals surface area contributed by atoms with Gasteiger partial charge in [-0.15, -0.1) is 0 Å². The highest BCUT2D eigenvalue weighted by Crippen LogP contribution is 2.38. The number of carbonyl (C=O) groups excluding carboxylic acids is 11. The summed E-state index contributed by atoms with van der Waals surface area (Å²) >= 11 is 6.42. The largest absolute Gasteiger partial charge is 0.481 e. The highest BCUT2D eigenvalue weighted by atomic mass is 35.5. The molecule has 0 spiro atoms. The zero-order chi connectivity index (χ0) is 64.1. The fourth-order valence-electron chi connectivity index (χ4n) is 12.0. The molecule has 5 heterocycles. The molecule has 0 aromatic heterocycles. The van der Waals surface area contributed by atoms with Crippen molar-refractivity contribution in [1.29, 1.82) is 0 Å². The lowest BCUT2D eigenvalue weighted by Crippen LogP contribution is -2.62. The molecule has 0 aliphatic carbocycles. The molecule has 1 aromatic carbocycles. The second-order valence-corrected chi connectivity index (χ2v) is 23.5. The van der Waals surface area contributed by atoms with E-state index in [1.54, 1.807) is 44.2 Å². The van der Waals surface area contributed by atoms with Crippen molar-refractivity contribution < 1.29 is 87.5 Å². The monoisotopic (exact) mass is 1240 g/mol. The summed E-state index contributed by atoms with van der Waals surface area (Å²) < 4.78 is 0. The van der Waals surface area contributed by atoms with E-state index in [-0.39, 0.29) is 57.7 Å². The van der Waals surface area contributed by atoms with Gasteiger partial charge in [-0.25, -0.2) is 0 Å². The smallest absolute Gasteiger partial charge is 0.305 e. The number of nitrogens with zero attached hydrogens (tertiary/aromatic N) is 4. The average molecular weight is 1240 g/mol. The van der Waals surface area contributed by atoms with Crippen molar-refractivity contribution in [3.05, 3.63) is 47.0 Å². The molecule has 0 radical (unpaired) electrons. The Kier molecular flexibility index (Phi) is 23.7. The van der Waals surface area contributed by atoms with Gasteiger partial charge in [0.25, 0.3) is 0 Å². The zero-order valence-corrected chi connectivity index (χ0v) is 49.6. The van der Waals surface area contributed by atoms with Gasteiger partial charge in [0.2, 0.25) is 65.0 Å². The molecule has 5 aliphatic rings. The van der Waals surface area contributed by atoms with Crippen LogP contribution in [0.4, 0.5) is 0 Å². The van der Waals surface area contributed by atoms with Crippen LogP contribution in [0.25, 0.3) is 0 Å². The number of nitrogens with two attached hydrogens (primary N) is 1. The Hall–Kier alpha value is -8.21. The molecule has 30 heteroatoms. The number of aliphatic hydroxyl groups is 1. The van der Waals surface area contributed by atoms with Gasteiger partial charge >= 0.3 is 17.9 Å². The van der Waals surface area contributed by atoms with Crippen LogP contribution in [0.15, 0.2) is 36.4 Å². The zero-order valence-electron chi connectivity index (χ0n) is 48.8. The average Bonchev–Trinajstić information content (AvgIpc) is 1.66. The third-order valence-electron chi connectivity index (χ3n) is 16.2. The molecular formula is C57H78ClN11O18. The normalized spacial score (nSPS) is 22.9. The highest BCUT2D eigenvalue weighted by molar-refractivity contribution is 6.31. The molecule has 11 amide bonds. The van der Waals surface area contributed by atoms with E-state index in [9.17, 15) is 87.5 Å². The van der Waals surface area contributed by atoms with Crippen LogP contribution >= 0.6 is 11.6 Å². The van der Waals surface area contributed by atoms with Crippen molar-refractivity contribution in [3.8, 4) is 0 Å². The number of hydrogen-bond acceptors (Lipinski definition) is 15. The first-order valence-electron chi connectivity index (χ1n) is 29.1. The molecule has 1 aromatic rings. The van der Waals surface area contributed by atoms with E-state index < -0.39 is 193 Å². The van der Waals surface area contributed by atoms with Crippen LogP contribution in [-0.2, 0) is 73.5 Å². The van der Waals surface area contributed by atoms with Crippen molar-refractivity contribution in [1.82, 2.24) is 51.5 Å². The molecule has 12 N–H and O–H groups in total. The number of aliphatic hydroxyl groups excluding tert-OH is 1. The number of fused-ring (bicyclic) bond motifs is 2. The maximum atomic E-state index is 14.9. The summed E-state index contributed by atoms with van der Waals surface area (Å²) in [5.74, 6) is -14.5. The summed E-state index contributed by atoms with van der Waals surface area (Å²) in [5.41, 5.74) is 6.06. The number of aliphatic carboxylic acids is 3. The van der Waals surface area contributed by atoms with Gasteiger partial charge in [0.15, 0.2) is 0 Å². The number of benzene rings is 1. The molecule has 0 bridgehead atoms. The number of rotatable bonds is 28. The van der Waals surface area contributed by atoms with E-state index in [1.807, 2.05) is 6.08 Å². The number of carboxylic acids is 3. The van der Waals surface area contributed by atoms with Crippen LogP contribution in [0, 0.1) is 11.8 Å². The van der Waals surface area contributed by atoms with E-state index in [2.05, 4.69) is 31.9 Å².